The molecule has 2 aromatic carbocycles. The molecule has 2 heterocycles. The highest BCUT2D eigenvalue weighted by Gasteiger charge is 2.24. The minimum Gasteiger partial charge on any atom is -0.382 e. The third-order valence-electron chi connectivity index (χ3n) is 4.68. The topological polar surface area (TPSA) is 69.6 Å². The first-order chi connectivity index (χ1) is 12.7. The zero-order valence-electron chi connectivity index (χ0n) is 13.7. The Balaban J connectivity index is 1.63. The van der Waals surface area contributed by atoms with E-state index >= 15 is 0 Å². The van der Waals surface area contributed by atoms with E-state index in [-0.39, 0.29) is 0 Å². The summed E-state index contributed by atoms with van der Waals surface area (Å²) in [5.74, 6) is 1.22. The highest BCUT2D eigenvalue weighted by atomic mass is 35.5. The van der Waals surface area contributed by atoms with Crippen LogP contribution in [0.25, 0.3) is 28.2 Å². The minimum atomic E-state index is 0.454. The number of benzene rings is 2. The van der Waals surface area contributed by atoms with Crippen molar-refractivity contribution in [2.24, 2.45) is 0 Å². The van der Waals surface area contributed by atoms with Gasteiger partial charge in [0.05, 0.1) is 5.69 Å². The van der Waals surface area contributed by atoms with Gasteiger partial charge >= 0.3 is 0 Å². The zero-order valence-corrected chi connectivity index (χ0v) is 14.5. The quantitative estimate of drug-likeness (QED) is 0.514. The van der Waals surface area contributed by atoms with Crippen molar-refractivity contribution in [1.29, 1.82) is 0 Å². The fourth-order valence-corrected chi connectivity index (χ4v) is 3.56. The highest BCUT2D eigenvalue weighted by Crippen LogP contribution is 2.37. The standard InChI is InChI=1S/C20H14ClN5/c21-14-7-5-12(6-8-14)17-10-26(25-19(17)22)20-16-9-13-3-1-2-4-15(13)18(16)23-11-24-20/h1-8,10-11H,9H2,(H2,22,25). The van der Waals surface area contributed by atoms with Crippen LogP contribution in [0, 0.1) is 0 Å². The van der Waals surface area contributed by atoms with E-state index in [2.05, 4.69) is 27.2 Å². The number of hydrogen-bond acceptors (Lipinski definition) is 4. The molecule has 0 radical (unpaired) electrons. The van der Waals surface area contributed by atoms with Crippen LogP contribution in [0.1, 0.15) is 11.1 Å². The molecule has 6 heteroatoms. The lowest BCUT2D eigenvalue weighted by atomic mass is 10.1. The summed E-state index contributed by atoms with van der Waals surface area (Å²) < 4.78 is 1.74. The molecule has 5 rings (SSSR count). The molecule has 4 aromatic rings. The molecule has 0 amide bonds. The second-order valence-electron chi connectivity index (χ2n) is 6.24. The number of aromatic nitrogens is 4. The lowest BCUT2D eigenvalue weighted by Crippen LogP contribution is -2.04. The molecule has 0 bridgehead atoms. The molecule has 26 heavy (non-hydrogen) atoms. The fourth-order valence-electron chi connectivity index (χ4n) is 3.44. The molecule has 0 aliphatic heterocycles. The normalized spacial score (nSPS) is 12.0. The van der Waals surface area contributed by atoms with Crippen LogP contribution in [0.3, 0.4) is 0 Å². The molecule has 0 atom stereocenters. The molecule has 0 unspecified atom stereocenters. The van der Waals surface area contributed by atoms with Gasteiger partial charge in [-0.15, -0.1) is 5.10 Å². The summed E-state index contributed by atoms with van der Waals surface area (Å²) in [7, 11) is 0. The maximum absolute atomic E-state index is 6.17. The van der Waals surface area contributed by atoms with E-state index in [1.807, 2.05) is 42.6 Å². The Morgan fingerprint density at radius 2 is 1.77 bits per heavy atom. The fraction of sp³-hybridized carbons (Fsp3) is 0.0500. The highest BCUT2D eigenvalue weighted by molar-refractivity contribution is 6.30. The molecule has 1 aliphatic carbocycles. The summed E-state index contributed by atoms with van der Waals surface area (Å²) in [6.07, 6.45) is 4.28. The van der Waals surface area contributed by atoms with Gasteiger partial charge in [0.15, 0.2) is 11.6 Å². The molecule has 0 saturated carbocycles. The van der Waals surface area contributed by atoms with Crippen LogP contribution in [-0.4, -0.2) is 19.7 Å². The summed E-state index contributed by atoms with van der Waals surface area (Å²) in [5.41, 5.74) is 12.4. The van der Waals surface area contributed by atoms with Gasteiger partial charge < -0.3 is 5.73 Å². The number of fused-ring (bicyclic) bond motifs is 3. The number of nitrogens with two attached hydrogens (primary N) is 1. The van der Waals surface area contributed by atoms with Gasteiger partial charge in [-0.3, -0.25) is 0 Å². The number of anilines is 1. The summed E-state index contributed by atoms with van der Waals surface area (Å²) in [6.45, 7) is 0. The number of halogens is 1. The molecule has 0 saturated heterocycles. The Bertz CT molecular complexity index is 1130. The van der Waals surface area contributed by atoms with Gasteiger partial charge in [0.1, 0.15) is 6.33 Å². The summed E-state index contributed by atoms with van der Waals surface area (Å²) in [4.78, 5) is 8.96. The van der Waals surface area contributed by atoms with Crippen LogP contribution in [0.4, 0.5) is 5.82 Å². The summed E-state index contributed by atoms with van der Waals surface area (Å²) in [6, 6.07) is 15.8. The van der Waals surface area contributed by atoms with Gasteiger partial charge in [-0.2, -0.15) is 0 Å². The Labute approximate surface area is 155 Å². The Kier molecular flexibility index (Phi) is 3.30. The molecule has 0 fully saturated rings. The van der Waals surface area contributed by atoms with Crippen molar-refractivity contribution in [3.8, 4) is 28.2 Å². The second-order valence-corrected chi connectivity index (χ2v) is 6.67. The monoisotopic (exact) mass is 359 g/mol. The zero-order chi connectivity index (χ0) is 17.7. The molecule has 1 aliphatic rings. The van der Waals surface area contributed by atoms with E-state index in [1.165, 1.54) is 5.56 Å². The average molecular weight is 360 g/mol. The lowest BCUT2D eigenvalue weighted by Gasteiger charge is -2.06. The van der Waals surface area contributed by atoms with Crippen LogP contribution in [0.2, 0.25) is 5.02 Å². The van der Waals surface area contributed by atoms with E-state index in [4.69, 9.17) is 17.3 Å². The largest absolute Gasteiger partial charge is 0.382 e. The van der Waals surface area contributed by atoms with Crippen molar-refractivity contribution in [3.63, 3.8) is 0 Å². The van der Waals surface area contributed by atoms with Gasteiger partial charge in [0.2, 0.25) is 0 Å². The van der Waals surface area contributed by atoms with Crippen LogP contribution >= 0.6 is 11.6 Å². The minimum absolute atomic E-state index is 0.454. The Morgan fingerprint density at radius 3 is 2.62 bits per heavy atom. The SMILES string of the molecule is Nc1nn(-c2ncnc3c2Cc2ccccc2-3)cc1-c1ccc(Cl)cc1. The average Bonchev–Trinajstić information content (AvgIpc) is 3.23. The van der Waals surface area contributed by atoms with Crippen molar-refractivity contribution in [2.75, 3.05) is 5.73 Å². The smallest absolute Gasteiger partial charge is 0.160 e. The molecule has 2 aromatic heterocycles. The predicted octanol–water partition coefficient (Wildman–Crippen LogP) is 4.14. The van der Waals surface area contributed by atoms with Gasteiger partial charge in [-0.1, -0.05) is 48.0 Å². The van der Waals surface area contributed by atoms with Gasteiger partial charge in [-0.25, -0.2) is 14.6 Å². The van der Waals surface area contributed by atoms with E-state index in [0.29, 0.717) is 10.8 Å². The van der Waals surface area contributed by atoms with E-state index in [1.54, 1.807) is 11.0 Å². The van der Waals surface area contributed by atoms with Crippen molar-refractivity contribution in [3.05, 3.63) is 77.2 Å². The predicted molar refractivity (Wildman–Crippen MR) is 102 cm³/mol. The van der Waals surface area contributed by atoms with E-state index in [9.17, 15) is 0 Å². The maximum atomic E-state index is 6.17. The first kappa shape index (κ1) is 15.1. The van der Waals surface area contributed by atoms with Crippen LogP contribution in [0.15, 0.2) is 61.1 Å². The second kappa shape index (κ2) is 5.68. The lowest BCUT2D eigenvalue weighted by molar-refractivity contribution is 0.831. The van der Waals surface area contributed by atoms with Gasteiger partial charge in [0.25, 0.3) is 0 Å². The summed E-state index contributed by atoms with van der Waals surface area (Å²) in [5, 5.41) is 5.18. The van der Waals surface area contributed by atoms with Gasteiger partial charge in [0, 0.05) is 34.3 Å². The molecule has 126 valence electrons. The Hall–Kier alpha value is -3.18. The van der Waals surface area contributed by atoms with Crippen molar-refractivity contribution < 1.29 is 0 Å². The molecule has 5 nitrogen and oxygen atoms in total. The third-order valence-corrected chi connectivity index (χ3v) is 4.93. The molecular formula is C20H14ClN5. The number of nitrogens with zero attached hydrogens (tertiary/aromatic N) is 4. The van der Waals surface area contributed by atoms with Crippen molar-refractivity contribution in [2.45, 2.75) is 6.42 Å². The van der Waals surface area contributed by atoms with Crippen LogP contribution in [0.5, 0.6) is 0 Å². The van der Waals surface area contributed by atoms with Gasteiger partial charge in [-0.05, 0) is 23.3 Å². The molecule has 0 spiro atoms. The number of nitrogen functional groups attached to an aromatic ring is 1. The first-order valence-electron chi connectivity index (χ1n) is 8.24. The maximum Gasteiger partial charge on any atom is 0.160 e. The van der Waals surface area contributed by atoms with E-state index < -0.39 is 0 Å². The Morgan fingerprint density at radius 1 is 0.962 bits per heavy atom. The number of hydrogen-bond donors (Lipinski definition) is 1. The van der Waals surface area contributed by atoms with Crippen molar-refractivity contribution >= 4 is 17.4 Å². The third kappa shape index (κ3) is 2.29. The van der Waals surface area contributed by atoms with Crippen molar-refractivity contribution in [1.82, 2.24) is 19.7 Å². The van der Waals surface area contributed by atoms with Crippen LogP contribution < -0.4 is 5.73 Å². The number of rotatable bonds is 2. The first-order valence-corrected chi connectivity index (χ1v) is 8.62. The molecular weight excluding hydrogens is 346 g/mol. The summed E-state index contributed by atoms with van der Waals surface area (Å²) >= 11 is 5.98. The molecule has 2 N–H and O–H groups in total. The van der Waals surface area contributed by atoms with Crippen LogP contribution in [-0.2, 0) is 6.42 Å². The van der Waals surface area contributed by atoms with E-state index in [0.717, 1.165) is 40.2 Å².